The van der Waals surface area contributed by atoms with Gasteiger partial charge in [-0.25, -0.2) is 10.2 Å². The summed E-state index contributed by atoms with van der Waals surface area (Å²) < 4.78 is 9.82. The molecule has 0 saturated heterocycles. The number of hydrazone groups is 1. The highest BCUT2D eigenvalue weighted by molar-refractivity contribution is 7.99. The van der Waals surface area contributed by atoms with Crippen LogP contribution < -0.4 is 10.2 Å². The van der Waals surface area contributed by atoms with E-state index in [1.54, 1.807) is 18.2 Å². The molecule has 0 aromatic heterocycles. The molecule has 0 radical (unpaired) electrons. The summed E-state index contributed by atoms with van der Waals surface area (Å²) in [6.07, 6.45) is 1.52. The molecular weight excluding hydrogens is 364 g/mol. The molecule has 0 atom stereocenters. The molecule has 1 amide bonds. The van der Waals surface area contributed by atoms with Crippen LogP contribution in [0.3, 0.4) is 0 Å². The highest BCUT2D eigenvalue weighted by Gasteiger charge is 2.03. The van der Waals surface area contributed by atoms with Gasteiger partial charge in [-0.15, -0.1) is 11.8 Å². The normalized spacial score (nSPS) is 10.6. The average molecular weight is 386 g/mol. The SMILES string of the molecule is COC(=O)COc1cccc(/C=N\NC(=O)CSCc2ccc(C)cc2)c1. The number of carbonyl (C=O) groups excluding carboxylic acids is 2. The van der Waals surface area contributed by atoms with Crippen LogP contribution >= 0.6 is 11.8 Å². The van der Waals surface area contributed by atoms with Gasteiger partial charge in [-0.2, -0.15) is 5.10 Å². The fourth-order valence-corrected chi connectivity index (χ4v) is 2.82. The molecule has 2 rings (SSSR count). The van der Waals surface area contributed by atoms with E-state index in [1.807, 2.05) is 13.0 Å². The third-order valence-electron chi connectivity index (χ3n) is 3.47. The highest BCUT2D eigenvalue weighted by atomic mass is 32.2. The van der Waals surface area contributed by atoms with E-state index in [1.165, 1.54) is 36.2 Å². The number of hydrogen-bond acceptors (Lipinski definition) is 6. The van der Waals surface area contributed by atoms with E-state index in [4.69, 9.17) is 4.74 Å². The molecule has 0 aliphatic rings. The maximum Gasteiger partial charge on any atom is 0.343 e. The lowest BCUT2D eigenvalue weighted by molar-refractivity contribution is -0.142. The van der Waals surface area contributed by atoms with E-state index in [2.05, 4.69) is 39.5 Å². The number of rotatable bonds is 9. The summed E-state index contributed by atoms with van der Waals surface area (Å²) in [5.41, 5.74) is 5.64. The lowest BCUT2D eigenvalue weighted by Crippen LogP contribution is -2.19. The number of esters is 1. The molecule has 2 aromatic carbocycles. The maximum atomic E-state index is 11.8. The Balaban J connectivity index is 1.73. The molecule has 0 bridgehead atoms. The molecule has 27 heavy (non-hydrogen) atoms. The Bertz CT molecular complexity index is 791. The number of ether oxygens (including phenoxy) is 2. The summed E-state index contributed by atoms with van der Waals surface area (Å²) in [4.78, 5) is 22.9. The number of amides is 1. The van der Waals surface area contributed by atoms with E-state index in [0.29, 0.717) is 11.5 Å². The molecule has 0 spiro atoms. The van der Waals surface area contributed by atoms with Gasteiger partial charge in [0.2, 0.25) is 5.91 Å². The first kappa shape index (κ1) is 20.5. The summed E-state index contributed by atoms with van der Waals surface area (Å²) in [5, 5.41) is 3.95. The number of methoxy groups -OCH3 is 1. The predicted octanol–water partition coefficient (Wildman–Crippen LogP) is 2.93. The summed E-state index contributed by atoms with van der Waals surface area (Å²) in [5.74, 6) is 1.00. The van der Waals surface area contributed by atoms with Crippen molar-refractivity contribution < 1.29 is 19.1 Å². The quantitative estimate of drug-likeness (QED) is 0.407. The second kappa shape index (κ2) is 11.0. The fraction of sp³-hybridized carbons (Fsp3) is 0.250. The van der Waals surface area contributed by atoms with E-state index < -0.39 is 5.97 Å². The van der Waals surface area contributed by atoms with Crippen molar-refractivity contribution >= 4 is 29.9 Å². The third-order valence-corrected chi connectivity index (χ3v) is 4.47. The summed E-state index contributed by atoms with van der Waals surface area (Å²) in [7, 11) is 1.30. The van der Waals surface area contributed by atoms with Gasteiger partial charge in [-0.1, -0.05) is 42.0 Å². The fourth-order valence-electron chi connectivity index (χ4n) is 2.04. The van der Waals surface area contributed by atoms with Gasteiger partial charge in [0, 0.05) is 5.75 Å². The van der Waals surface area contributed by atoms with Gasteiger partial charge in [-0.05, 0) is 30.2 Å². The highest BCUT2D eigenvalue weighted by Crippen LogP contribution is 2.13. The van der Waals surface area contributed by atoms with E-state index in [9.17, 15) is 9.59 Å². The Morgan fingerprint density at radius 3 is 2.70 bits per heavy atom. The predicted molar refractivity (Wildman–Crippen MR) is 107 cm³/mol. The maximum absolute atomic E-state index is 11.8. The molecule has 0 aliphatic heterocycles. The van der Waals surface area contributed by atoms with E-state index in [-0.39, 0.29) is 12.5 Å². The number of nitrogens with one attached hydrogen (secondary N) is 1. The molecular formula is C20H22N2O4S. The zero-order chi connectivity index (χ0) is 19.5. The van der Waals surface area contributed by atoms with Gasteiger partial charge in [0.15, 0.2) is 6.61 Å². The van der Waals surface area contributed by atoms with Crippen LogP contribution in [-0.2, 0) is 20.1 Å². The molecule has 1 N–H and O–H groups in total. The molecule has 0 fully saturated rings. The Labute approximate surface area is 162 Å². The first-order valence-corrected chi connectivity index (χ1v) is 9.47. The van der Waals surface area contributed by atoms with Crippen molar-refractivity contribution in [2.24, 2.45) is 5.10 Å². The van der Waals surface area contributed by atoms with E-state index >= 15 is 0 Å². The third kappa shape index (κ3) is 7.96. The molecule has 0 aliphatic carbocycles. The number of thioether (sulfide) groups is 1. The monoisotopic (exact) mass is 386 g/mol. The Kier molecular flexibility index (Phi) is 8.38. The minimum atomic E-state index is -0.454. The van der Waals surface area contributed by atoms with Gasteiger partial charge in [-0.3, -0.25) is 4.79 Å². The standard InChI is InChI=1S/C20H22N2O4S/c1-15-6-8-16(9-7-15)13-27-14-19(23)22-21-11-17-4-3-5-18(10-17)26-12-20(24)25-2/h3-11H,12-14H2,1-2H3,(H,22,23)/b21-11-. The van der Waals surface area contributed by atoms with Crippen LogP contribution in [-0.4, -0.2) is 37.6 Å². The van der Waals surface area contributed by atoms with Crippen LogP contribution in [0.25, 0.3) is 0 Å². The smallest absolute Gasteiger partial charge is 0.343 e. The van der Waals surface area contributed by atoms with Gasteiger partial charge in [0.1, 0.15) is 5.75 Å². The van der Waals surface area contributed by atoms with Crippen LogP contribution in [0, 0.1) is 6.92 Å². The van der Waals surface area contributed by atoms with Crippen LogP contribution in [0.5, 0.6) is 5.75 Å². The summed E-state index contributed by atoms with van der Waals surface area (Å²) in [6, 6.07) is 15.3. The van der Waals surface area contributed by atoms with Crippen LogP contribution in [0.2, 0.25) is 0 Å². The zero-order valence-electron chi connectivity index (χ0n) is 15.3. The Hall–Kier alpha value is -2.80. The number of nitrogens with zero attached hydrogens (tertiary/aromatic N) is 1. The van der Waals surface area contributed by atoms with Crippen molar-refractivity contribution in [3.63, 3.8) is 0 Å². The van der Waals surface area contributed by atoms with Crippen molar-refractivity contribution in [3.05, 3.63) is 65.2 Å². The van der Waals surface area contributed by atoms with Crippen molar-refractivity contribution in [1.82, 2.24) is 5.43 Å². The van der Waals surface area contributed by atoms with Gasteiger partial charge in [0.25, 0.3) is 0 Å². The van der Waals surface area contributed by atoms with Crippen LogP contribution in [0.1, 0.15) is 16.7 Å². The lowest BCUT2D eigenvalue weighted by atomic mass is 10.2. The Morgan fingerprint density at radius 1 is 1.19 bits per heavy atom. The first-order valence-electron chi connectivity index (χ1n) is 8.31. The minimum Gasteiger partial charge on any atom is -0.482 e. The number of aryl methyl sites for hydroxylation is 1. The average Bonchev–Trinajstić information content (AvgIpc) is 2.68. The van der Waals surface area contributed by atoms with Crippen molar-refractivity contribution in [2.75, 3.05) is 19.5 Å². The minimum absolute atomic E-state index is 0.161. The van der Waals surface area contributed by atoms with Gasteiger partial charge in [0.05, 0.1) is 19.1 Å². The number of hydrogen-bond donors (Lipinski definition) is 1. The first-order chi connectivity index (χ1) is 13.1. The van der Waals surface area contributed by atoms with Crippen molar-refractivity contribution in [2.45, 2.75) is 12.7 Å². The largest absolute Gasteiger partial charge is 0.482 e. The molecule has 6 nitrogen and oxygen atoms in total. The molecule has 142 valence electrons. The molecule has 7 heteroatoms. The van der Waals surface area contributed by atoms with Gasteiger partial charge < -0.3 is 9.47 Å². The number of carbonyl (C=O) groups is 2. The number of benzene rings is 2. The zero-order valence-corrected chi connectivity index (χ0v) is 16.1. The lowest BCUT2D eigenvalue weighted by Gasteiger charge is -2.05. The molecule has 0 saturated carbocycles. The van der Waals surface area contributed by atoms with Crippen LogP contribution in [0.15, 0.2) is 53.6 Å². The molecule has 2 aromatic rings. The summed E-state index contributed by atoms with van der Waals surface area (Å²) in [6.45, 7) is 1.88. The Morgan fingerprint density at radius 2 is 1.96 bits per heavy atom. The second-order valence-corrected chi connectivity index (χ2v) is 6.69. The molecule has 0 heterocycles. The van der Waals surface area contributed by atoms with Crippen LogP contribution in [0.4, 0.5) is 0 Å². The second-order valence-electron chi connectivity index (χ2n) is 5.71. The van der Waals surface area contributed by atoms with Crippen molar-refractivity contribution in [3.8, 4) is 5.75 Å². The van der Waals surface area contributed by atoms with Gasteiger partial charge >= 0.3 is 5.97 Å². The molecule has 0 unspecified atom stereocenters. The topological polar surface area (TPSA) is 77.0 Å². The van der Waals surface area contributed by atoms with Crippen molar-refractivity contribution in [1.29, 1.82) is 0 Å². The van der Waals surface area contributed by atoms with E-state index in [0.717, 1.165) is 11.3 Å². The summed E-state index contributed by atoms with van der Waals surface area (Å²) >= 11 is 1.53.